The van der Waals surface area contributed by atoms with Crippen LogP contribution in [0.1, 0.15) is 34.6 Å². The number of likely N-dealkylation sites (tertiary alicyclic amines) is 2. The van der Waals surface area contributed by atoms with Crippen molar-refractivity contribution in [3.8, 4) is 5.19 Å². The van der Waals surface area contributed by atoms with Crippen LogP contribution in [0.5, 0.6) is 5.19 Å². The molecule has 120 valence electrons. The molecule has 0 saturated carbocycles. The van der Waals surface area contributed by atoms with E-state index in [4.69, 9.17) is 4.74 Å². The molecule has 2 saturated heterocycles. The average molecular weight is 323 g/mol. The quantitative estimate of drug-likeness (QED) is 0.828. The van der Waals surface area contributed by atoms with E-state index < -0.39 is 0 Å². The Labute approximate surface area is 134 Å². The Kier molecular flexibility index (Phi) is 3.84. The summed E-state index contributed by atoms with van der Waals surface area (Å²) in [7, 11) is 3.40. The number of carbonyl (C=O) groups is 2. The highest BCUT2D eigenvalue weighted by atomic mass is 32.1. The van der Waals surface area contributed by atoms with Gasteiger partial charge in [0.25, 0.3) is 11.1 Å². The molecule has 1 spiro atoms. The molecule has 6 nitrogen and oxygen atoms in total. The molecule has 0 radical (unpaired) electrons. The molecule has 1 aromatic rings. The Hall–Kier alpha value is -1.63. The van der Waals surface area contributed by atoms with Gasteiger partial charge in [0.1, 0.15) is 4.88 Å². The van der Waals surface area contributed by atoms with Crippen LogP contribution >= 0.6 is 11.3 Å². The molecule has 0 aromatic carbocycles. The van der Waals surface area contributed by atoms with Crippen molar-refractivity contribution in [1.29, 1.82) is 0 Å². The highest BCUT2D eigenvalue weighted by Crippen LogP contribution is 2.40. The van der Waals surface area contributed by atoms with Gasteiger partial charge in [0.15, 0.2) is 0 Å². The first-order valence-corrected chi connectivity index (χ1v) is 8.35. The highest BCUT2D eigenvalue weighted by molar-refractivity contribution is 7.15. The van der Waals surface area contributed by atoms with Gasteiger partial charge < -0.3 is 14.5 Å². The summed E-state index contributed by atoms with van der Waals surface area (Å²) in [5.41, 5.74) is 0.325. The second-order valence-electron chi connectivity index (χ2n) is 6.19. The predicted molar refractivity (Wildman–Crippen MR) is 83.2 cm³/mol. The highest BCUT2D eigenvalue weighted by Gasteiger charge is 2.48. The van der Waals surface area contributed by atoms with E-state index in [0.29, 0.717) is 28.9 Å². The lowest BCUT2D eigenvalue weighted by atomic mass is 9.78. The van der Waals surface area contributed by atoms with Gasteiger partial charge in [-0.25, -0.2) is 4.98 Å². The normalized spacial score (nSPS) is 25.1. The first-order valence-electron chi connectivity index (χ1n) is 7.53. The molecule has 3 rings (SSSR count). The zero-order valence-corrected chi connectivity index (χ0v) is 14.0. The van der Waals surface area contributed by atoms with E-state index in [1.165, 1.54) is 11.3 Å². The van der Waals surface area contributed by atoms with Gasteiger partial charge in [0.05, 0.1) is 18.2 Å². The van der Waals surface area contributed by atoms with Gasteiger partial charge >= 0.3 is 0 Å². The number of amides is 2. The summed E-state index contributed by atoms with van der Waals surface area (Å²) in [5, 5.41) is 0.503. The second kappa shape index (κ2) is 5.53. The summed E-state index contributed by atoms with van der Waals surface area (Å²) in [6.45, 7) is 3.80. The molecule has 2 amide bonds. The minimum atomic E-state index is -0.370. The number of aryl methyl sites for hydroxylation is 1. The molecular formula is C15H21N3O3S. The molecule has 1 aromatic heterocycles. The van der Waals surface area contributed by atoms with Gasteiger partial charge in [0, 0.05) is 26.7 Å². The lowest BCUT2D eigenvalue weighted by Gasteiger charge is -2.37. The van der Waals surface area contributed by atoms with Crippen LogP contribution in [0.2, 0.25) is 0 Å². The molecule has 2 aliphatic heterocycles. The lowest BCUT2D eigenvalue weighted by molar-refractivity contribution is -0.143. The number of thiazole rings is 1. The van der Waals surface area contributed by atoms with Crippen LogP contribution in [-0.2, 0) is 4.79 Å². The summed E-state index contributed by atoms with van der Waals surface area (Å²) in [6.07, 6.45) is 2.65. The van der Waals surface area contributed by atoms with Gasteiger partial charge in [-0.3, -0.25) is 9.59 Å². The van der Waals surface area contributed by atoms with Crippen molar-refractivity contribution in [1.82, 2.24) is 14.8 Å². The van der Waals surface area contributed by atoms with Crippen LogP contribution in [0.3, 0.4) is 0 Å². The number of ether oxygens (including phenoxy) is 1. The van der Waals surface area contributed by atoms with Crippen molar-refractivity contribution in [3.63, 3.8) is 0 Å². The molecule has 1 atom stereocenters. The summed E-state index contributed by atoms with van der Waals surface area (Å²) >= 11 is 1.27. The van der Waals surface area contributed by atoms with Gasteiger partial charge in [0.2, 0.25) is 5.91 Å². The molecule has 0 N–H and O–H groups in total. The van der Waals surface area contributed by atoms with Crippen LogP contribution in [0.4, 0.5) is 0 Å². The van der Waals surface area contributed by atoms with Crippen molar-refractivity contribution < 1.29 is 14.3 Å². The molecule has 0 bridgehead atoms. The van der Waals surface area contributed by atoms with Crippen LogP contribution in [0, 0.1) is 12.3 Å². The molecule has 1 unspecified atom stereocenters. The topological polar surface area (TPSA) is 62.7 Å². The molecule has 7 heteroatoms. The number of hydrogen-bond donors (Lipinski definition) is 0. The van der Waals surface area contributed by atoms with E-state index in [-0.39, 0.29) is 17.2 Å². The van der Waals surface area contributed by atoms with Crippen LogP contribution < -0.4 is 4.74 Å². The standard InChI is InChI=1S/C15H21N3O3S/c1-10-11(22-14(16-10)21-3)12(19)18-8-6-15(9-18)5-4-7-17(2)13(15)20/h4-9H2,1-3H3. The molecular weight excluding hydrogens is 302 g/mol. The van der Waals surface area contributed by atoms with Crippen molar-refractivity contribution in [3.05, 3.63) is 10.6 Å². The maximum atomic E-state index is 12.7. The molecule has 0 aliphatic carbocycles. The number of hydrogen-bond acceptors (Lipinski definition) is 5. The third-order valence-corrected chi connectivity index (χ3v) is 5.84. The molecule has 22 heavy (non-hydrogen) atoms. The Balaban J connectivity index is 1.78. The van der Waals surface area contributed by atoms with E-state index in [0.717, 1.165) is 25.8 Å². The fourth-order valence-corrected chi connectivity index (χ4v) is 4.34. The number of nitrogens with zero attached hydrogens (tertiary/aromatic N) is 3. The fourth-order valence-electron chi connectivity index (χ4n) is 3.49. The maximum Gasteiger partial charge on any atom is 0.273 e. The monoisotopic (exact) mass is 323 g/mol. The Morgan fingerprint density at radius 3 is 2.82 bits per heavy atom. The lowest BCUT2D eigenvalue weighted by Crippen LogP contribution is -2.48. The number of rotatable bonds is 2. The van der Waals surface area contributed by atoms with E-state index in [1.807, 2.05) is 14.0 Å². The zero-order chi connectivity index (χ0) is 15.9. The van der Waals surface area contributed by atoms with Gasteiger partial charge in [-0.15, -0.1) is 0 Å². The van der Waals surface area contributed by atoms with Crippen LogP contribution in [0.25, 0.3) is 0 Å². The maximum absolute atomic E-state index is 12.7. The summed E-state index contributed by atoms with van der Waals surface area (Å²) in [4.78, 5) is 33.7. The zero-order valence-electron chi connectivity index (χ0n) is 13.2. The fraction of sp³-hybridized carbons (Fsp3) is 0.667. The first kappa shape index (κ1) is 15.3. The summed E-state index contributed by atoms with van der Waals surface area (Å²) < 4.78 is 5.11. The van der Waals surface area contributed by atoms with E-state index in [9.17, 15) is 9.59 Å². The molecule has 2 fully saturated rings. The van der Waals surface area contributed by atoms with Crippen molar-refractivity contribution in [2.24, 2.45) is 5.41 Å². The predicted octanol–water partition coefficient (Wildman–Crippen LogP) is 1.54. The van der Waals surface area contributed by atoms with Gasteiger partial charge in [-0.1, -0.05) is 11.3 Å². The molecule has 3 heterocycles. The second-order valence-corrected chi connectivity index (χ2v) is 7.15. The minimum absolute atomic E-state index is 0.0313. The van der Waals surface area contributed by atoms with E-state index >= 15 is 0 Å². The van der Waals surface area contributed by atoms with Crippen molar-refractivity contribution in [2.45, 2.75) is 26.2 Å². The average Bonchev–Trinajstić information content (AvgIpc) is 3.09. The molecule has 2 aliphatic rings. The van der Waals surface area contributed by atoms with E-state index in [1.54, 1.807) is 16.9 Å². The Morgan fingerprint density at radius 1 is 1.36 bits per heavy atom. The van der Waals surface area contributed by atoms with E-state index in [2.05, 4.69) is 4.98 Å². The van der Waals surface area contributed by atoms with Crippen molar-refractivity contribution in [2.75, 3.05) is 33.8 Å². The van der Waals surface area contributed by atoms with Crippen LogP contribution in [0.15, 0.2) is 0 Å². The number of methoxy groups -OCH3 is 1. The third kappa shape index (κ3) is 2.37. The van der Waals surface area contributed by atoms with Gasteiger partial charge in [-0.2, -0.15) is 0 Å². The SMILES string of the molecule is COc1nc(C)c(C(=O)N2CCC3(CCCN(C)C3=O)C2)s1. The minimum Gasteiger partial charge on any atom is -0.473 e. The Morgan fingerprint density at radius 2 is 2.14 bits per heavy atom. The smallest absolute Gasteiger partial charge is 0.273 e. The summed E-state index contributed by atoms with van der Waals surface area (Å²) in [5.74, 6) is 0.156. The number of aromatic nitrogens is 1. The third-order valence-electron chi connectivity index (χ3n) is 4.74. The number of carbonyl (C=O) groups excluding carboxylic acids is 2. The first-order chi connectivity index (χ1) is 10.5. The van der Waals surface area contributed by atoms with Crippen LogP contribution in [-0.4, -0.2) is 60.4 Å². The largest absolute Gasteiger partial charge is 0.473 e. The Bertz CT molecular complexity index is 615. The number of piperidine rings is 1. The summed E-state index contributed by atoms with van der Waals surface area (Å²) in [6, 6.07) is 0. The van der Waals surface area contributed by atoms with Gasteiger partial charge in [-0.05, 0) is 26.2 Å². The van der Waals surface area contributed by atoms with Crippen molar-refractivity contribution >= 4 is 23.2 Å².